The topological polar surface area (TPSA) is 105 Å². The van der Waals surface area contributed by atoms with Gasteiger partial charge in [0.2, 0.25) is 10.0 Å². The molecule has 4 aromatic rings. The highest BCUT2D eigenvalue weighted by atomic mass is 32.2. The van der Waals surface area contributed by atoms with Crippen LogP contribution in [0.15, 0.2) is 41.6 Å². The van der Waals surface area contributed by atoms with E-state index in [0.29, 0.717) is 24.1 Å². The zero-order valence-corrected chi connectivity index (χ0v) is 16.4. The Morgan fingerprint density at radius 2 is 2.10 bits per heavy atom. The highest BCUT2D eigenvalue weighted by Crippen LogP contribution is 2.35. The summed E-state index contributed by atoms with van der Waals surface area (Å²) < 4.78 is 44.1. The predicted octanol–water partition coefficient (Wildman–Crippen LogP) is 2.67. The third kappa shape index (κ3) is 3.08. The maximum Gasteiger partial charge on any atom is 0.243 e. The normalized spacial score (nSPS) is 20.1. The Morgan fingerprint density at radius 3 is 2.97 bits per heavy atom. The van der Waals surface area contributed by atoms with E-state index in [1.54, 1.807) is 19.2 Å². The maximum absolute atomic E-state index is 14.1. The Kier molecular flexibility index (Phi) is 4.14. The molecule has 3 aromatic heterocycles. The Labute approximate surface area is 166 Å². The SMILES string of the molecule is Cc1ccc(F)c(S(=O)(=O)N[C@H]2CC[C@@H](c3nnc4cnc5[nH]ccc5n34)C2)c1. The lowest BCUT2D eigenvalue weighted by Gasteiger charge is -2.14. The number of aromatic amines is 1. The molecule has 1 aromatic carbocycles. The smallest absolute Gasteiger partial charge is 0.243 e. The standard InChI is InChI=1S/C19H19FN6O2S/c1-11-2-5-14(20)16(8-11)29(27,28)25-13-4-3-12(9-13)19-24-23-17-10-22-18-15(26(17)19)6-7-21-18/h2,5-8,10,12-13,21,25H,3-4,9H2,1H3/t12-,13+/m1/s1. The molecule has 0 bridgehead atoms. The minimum absolute atomic E-state index is 0.0422. The molecule has 0 aliphatic heterocycles. The second-order valence-electron chi connectivity index (χ2n) is 7.48. The predicted molar refractivity (Wildman–Crippen MR) is 104 cm³/mol. The van der Waals surface area contributed by atoms with Crippen LogP contribution < -0.4 is 4.72 Å². The second-order valence-corrected chi connectivity index (χ2v) is 9.17. The summed E-state index contributed by atoms with van der Waals surface area (Å²) in [5, 5.41) is 8.55. The molecule has 0 amide bonds. The number of hydrogen-bond acceptors (Lipinski definition) is 5. The van der Waals surface area contributed by atoms with Gasteiger partial charge in [0.25, 0.3) is 0 Å². The average Bonchev–Trinajstić information content (AvgIpc) is 3.40. The van der Waals surface area contributed by atoms with Crippen molar-refractivity contribution in [2.24, 2.45) is 0 Å². The third-order valence-electron chi connectivity index (χ3n) is 5.46. The van der Waals surface area contributed by atoms with E-state index in [1.165, 1.54) is 12.1 Å². The summed E-state index contributed by atoms with van der Waals surface area (Å²) >= 11 is 0. The molecule has 0 spiro atoms. The van der Waals surface area contributed by atoms with E-state index >= 15 is 0 Å². The summed E-state index contributed by atoms with van der Waals surface area (Å²) in [6.07, 6.45) is 5.45. The van der Waals surface area contributed by atoms with Gasteiger partial charge in [-0.3, -0.25) is 4.40 Å². The van der Waals surface area contributed by atoms with Crippen LogP contribution in [0.3, 0.4) is 0 Å². The Balaban J connectivity index is 1.41. The lowest BCUT2D eigenvalue weighted by atomic mass is 10.1. The van der Waals surface area contributed by atoms with Gasteiger partial charge in [0.15, 0.2) is 11.3 Å². The molecular formula is C19H19FN6O2S. The number of nitrogens with zero attached hydrogens (tertiary/aromatic N) is 4. The molecule has 150 valence electrons. The summed E-state index contributed by atoms with van der Waals surface area (Å²) in [5.41, 5.74) is 2.96. The molecule has 0 unspecified atom stereocenters. The Morgan fingerprint density at radius 1 is 1.24 bits per heavy atom. The molecule has 1 fully saturated rings. The average molecular weight is 414 g/mol. The Bertz CT molecular complexity index is 1330. The van der Waals surface area contributed by atoms with E-state index in [4.69, 9.17) is 0 Å². The van der Waals surface area contributed by atoms with E-state index in [0.717, 1.165) is 23.4 Å². The van der Waals surface area contributed by atoms with Crippen LogP contribution in [-0.4, -0.2) is 39.0 Å². The van der Waals surface area contributed by atoms with Crippen LogP contribution in [0.1, 0.15) is 36.6 Å². The zero-order chi connectivity index (χ0) is 20.2. The number of hydrogen-bond donors (Lipinski definition) is 2. The quantitative estimate of drug-likeness (QED) is 0.534. The maximum atomic E-state index is 14.1. The van der Waals surface area contributed by atoms with Crippen LogP contribution in [0.4, 0.5) is 4.39 Å². The first kappa shape index (κ1) is 18.2. The van der Waals surface area contributed by atoms with Crippen molar-refractivity contribution in [2.75, 3.05) is 0 Å². The van der Waals surface area contributed by atoms with Crippen molar-refractivity contribution in [1.82, 2.24) is 29.3 Å². The lowest BCUT2D eigenvalue weighted by molar-refractivity contribution is 0.533. The van der Waals surface area contributed by atoms with E-state index < -0.39 is 15.8 Å². The molecule has 8 nitrogen and oxygen atoms in total. The van der Waals surface area contributed by atoms with Gasteiger partial charge in [-0.25, -0.2) is 22.5 Å². The largest absolute Gasteiger partial charge is 0.345 e. The van der Waals surface area contributed by atoms with Crippen LogP contribution in [0.5, 0.6) is 0 Å². The minimum Gasteiger partial charge on any atom is -0.345 e. The van der Waals surface area contributed by atoms with E-state index in [9.17, 15) is 12.8 Å². The van der Waals surface area contributed by atoms with Crippen molar-refractivity contribution >= 4 is 26.8 Å². The fraction of sp³-hybridized carbons (Fsp3) is 0.316. The highest BCUT2D eigenvalue weighted by molar-refractivity contribution is 7.89. The summed E-state index contributed by atoms with van der Waals surface area (Å²) in [5.74, 6) is 0.0828. The number of benzene rings is 1. The first-order chi connectivity index (χ1) is 13.9. The van der Waals surface area contributed by atoms with Gasteiger partial charge < -0.3 is 4.98 Å². The van der Waals surface area contributed by atoms with Crippen LogP contribution >= 0.6 is 0 Å². The molecule has 2 atom stereocenters. The van der Waals surface area contributed by atoms with Crippen LogP contribution in [0.2, 0.25) is 0 Å². The highest BCUT2D eigenvalue weighted by Gasteiger charge is 2.33. The van der Waals surface area contributed by atoms with Gasteiger partial charge in [-0.1, -0.05) is 6.07 Å². The first-order valence-corrected chi connectivity index (χ1v) is 10.9. The molecule has 3 heterocycles. The number of aryl methyl sites for hydroxylation is 1. The van der Waals surface area contributed by atoms with E-state index in [1.807, 2.05) is 16.7 Å². The van der Waals surface area contributed by atoms with Crippen molar-refractivity contribution in [3.63, 3.8) is 0 Å². The van der Waals surface area contributed by atoms with Gasteiger partial charge in [0, 0.05) is 18.2 Å². The number of halogens is 1. The molecule has 0 radical (unpaired) electrons. The van der Waals surface area contributed by atoms with Gasteiger partial charge in [-0.15, -0.1) is 10.2 Å². The van der Waals surface area contributed by atoms with Crippen LogP contribution in [0.25, 0.3) is 16.8 Å². The monoisotopic (exact) mass is 414 g/mol. The summed E-state index contributed by atoms with van der Waals surface area (Å²) in [6, 6.07) is 5.71. The van der Waals surface area contributed by atoms with Crippen LogP contribution in [-0.2, 0) is 10.0 Å². The zero-order valence-electron chi connectivity index (χ0n) is 15.6. The molecule has 1 saturated carbocycles. The third-order valence-corrected chi connectivity index (χ3v) is 7.00. The fourth-order valence-corrected chi connectivity index (χ4v) is 5.53. The van der Waals surface area contributed by atoms with Crippen molar-refractivity contribution in [3.8, 4) is 0 Å². The molecule has 2 N–H and O–H groups in total. The summed E-state index contributed by atoms with van der Waals surface area (Å²) in [7, 11) is -3.94. The first-order valence-electron chi connectivity index (χ1n) is 9.38. The molecule has 10 heteroatoms. The van der Waals surface area contributed by atoms with Gasteiger partial charge in [0.05, 0.1) is 11.7 Å². The Hall–Kier alpha value is -2.85. The number of H-pyrrole nitrogens is 1. The van der Waals surface area contributed by atoms with Crippen molar-refractivity contribution in [1.29, 1.82) is 0 Å². The number of rotatable bonds is 4. The second kappa shape index (κ2) is 6.60. The molecule has 0 saturated heterocycles. The van der Waals surface area contributed by atoms with Crippen molar-refractivity contribution < 1.29 is 12.8 Å². The van der Waals surface area contributed by atoms with Crippen molar-refractivity contribution in [2.45, 2.75) is 43.0 Å². The van der Waals surface area contributed by atoms with Crippen LogP contribution in [0, 0.1) is 12.7 Å². The molecule has 1 aliphatic rings. The van der Waals surface area contributed by atoms with Gasteiger partial charge in [0.1, 0.15) is 16.5 Å². The minimum atomic E-state index is -3.94. The van der Waals surface area contributed by atoms with E-state index in [2.05, 4.69) is 24.9 Å². The number of sulfonamides is 1. The number of nitrogens with one attached hydrogen (secondary N) is 2. The molecular weight excluding hydrogens is 395 g/mol. The van der Waals surface area contributed by atoms with Gasteiger partial charge >= 0.3 is 0 Å². The lowest BCUT2D eigenvalue weighted by Crippen LogP contribution is -2.33. The molecule has 29 heavy (non-hydrogen) atoms. The fourth-order valence-electron chi connectivity index (χ4n) is 4.08. The molecule has 5 rings (SSSR count). The number of fused-ring (bicyclic) bond motifs is 3. The summed E-state index contributed by atoms with van der Waals surface area (Å²) in [4.78, 5) is 7.08. The number of aromatic nitrogens is 5. The molecule has 1 aliphatic carbocycles. The van der Waals surface area contributed by atoms with Gasteiger partial charge in [-0.05, 0) is 49.9 Å². The summed E-state index contributed by atoms with van der Waals surface area (Å²) in [6.45, 7) is 1.73. The van der Waals surface area contributed by atoms with Gasteiger partial charge in [-0.2, -0.15) is 0 Å². The van der Waals surface area contributed by atoms with E-state index in [-0.39, 0.29) is 16.9 Å². The van der Waals surface area contributed by atoms with Crippen molar-refractivity contribution in [3.05, 3.63) is 53.9 Å².